The molecule has 1 aromatic rings. The smallest absolute Gasteiger partial charge is 0.409 e. The Morgan fingerprint density at radius 3 is 2.48 bits per heavy atom. The Hall–Kier alpha value is -1.68. The van der Waals surface area contributed by atoms with Crippen LogP contribution in [-0.4, -0.2) is 58.9 Å². The summed E-state index contributed by atoms with van der Waals surface area (Å²) in [6, 6.07) is 9.06. The molecule has 0 unspecified atom stereocenters. The lowest BCUT2D eigenvalue weighted by Gasteiger charge is -2.27. The summed E-state index contributed by atoms with van der Waals surface area (Å²) >= 11 is 0. The highest BCUT2D eigenvalue weighted by molar-refractivity contribution is 7.84. The van der Waals surface area contributed by atoms with Crippen LogP contribution in [0.25, 0.3) is 0 Å². The molecule has 23 heavy (non-hydrogen) atoms. The molecule has 1 aliphatic rings. The number of rotatable bonds is 6. The summed E-state index contributed by atoms with van der Waals surface area (Å²) in [5.41, 5.74) is 0.797. The van der Waals surface area contributed by atoms with Gasteiger partial charge in [0.2, 0.25) is 0 Å². The lowest BCUT2D eigenvalue weighted by molar-refractivity contribution is 0.0243. The molecule has 1 amide bonds. The minimum Gasteiger partial charge on any atom is -0.449 e. The highest BCUT2D eigenvalue weighted by Crippen LogP contribution is 2.17. The van der Waals surface area contributed by atoms with Gasteiger partial charge in [0, 0.05) is 19.0 Å². The van der Waals surface area contributed by atoms with Gasteiger partial charge in [0.1, 0.15) is 6.61 Å². The van der Waals surface area contributed by atoms with Crippen LogP contribution in [-0.2, 0) is 24.0 Å². The first-order valence-corrected chi connectivity index (χ1v) is 8.64. The molecule has 2 N–H and O–H groups in total. The Bertz CT molecular complexity index is 601. The number of carbonyl (C=O) groups is 1. The van der Waals surface area contributed by atoms with Crippen molar-refractivity contribution in [2.24, 2.45) is 5.14 Å². The molecule has 1 heterocycles. The van der Waals surface area contributed by atoms with E-state index in [1.807, 2.05) is 18.2 Å². The molecule has 1 aromatic carbocycles. The van der Waals surface area contributed by atoms with Crippen molar-refractivity contribution in [2.45, 2.75) is 5.92 Å². The van der Waals surface area contributed by atoms with Crippen molar-refractivity contribution in [2.75, 3.05) is 39.5 Å². The Morgan fingerprint density at radius 2 is 1.87 bits per heavy atom. The third-order valence-electron chi connectivity index (χ3n) is 3.38. The zero-order chi connectivity index (χ0) is 16.7. The predicted molar refractivity (Wildman–Crippen MR) is 82.0 cm³/mol. The SMILES string of the molecule is NS(=O)(=O)OC[C@@H](COC(=O)N1CCOCC1)c1ccccc1. The maximum absolute atomic E-state index is 12.0. The number of nitrogens with two attached hydrogens (primary N) is 1. The van der Waals surface area contributed by atoms with Gasteiger partial charge in [0.05, 0.1) is 19.8 Å². The molecule has 1 fully saturated rings. The van der Waals surface area contributed by atoms with Gasteiger partial charge in [-0.25, -0.2) is 9.93 Å². The molecule has 0 aromatic heterocycles. The second-order valence-electron chi connectivity index (χ2n) is 5.06. The van der Waals surface area contributed by atoms with Crippen molar-refractivity contribution in [1.29, 1.82) is 0 Å². The fourth-order valence-electron chi connectivity index (χ4n) is 2.15. The minimum atomic E-state index is -4.05. The van der Waals surface area contributed by atoms with E-state index < -0.39 is 22.3 Å². The van der Waals surface area contributed by atoms with Crippen molar-refractivity contribution in [3.8, 4) is 0 Å². The van der Waals surface area contributed by atoms with E-state index in [1.165, 1.54) is 0 Å². The van der Waals surface area contributed by atoms with E-state index >= 15 is 0 Å². The van der Waals surface area contributed by atoms with Gasteiger partial charge >= 0.3 is 16.4 Å². The van der Waals surface area contributed by atoms with Gasteiger partial charge in [0.15, 0.2) is 0 Å². The summed E-state index contributed by atoms with van der Waals surface area (Å²) in [6.07, 6.45) is -0.454. The van der Waals surface area contributed by atoms with Crippen molar-refractivity contribution >= 4 is 16.4 Å². The van der Waals surface area contributed by atoms with E-state index in [4.69, 9.17) is 14.6 Å². The average Bonchev–Trinajstić information content (AvgIpc) is 2.55. The van der Waals surface area contributed by atoms with Crippen LogP contribution in [0.2, 0.25) is 0 Å². The number of amides is 1. The molecule has 1 aliphatic heterocycles. The third-order valence-corrected chi connectivity index (χ3v) is 3.85. The second-order valence-corrected chi connectivity index (χ2v) is 6.28. The van der Waals surface area contributed by atoms with Crippen LogP contribution in [0.3, 0.4) is 0 Å². The molecule has 128 valence electrons. The number of carbonyl (C=O) groups excluding carboxylic acids is 1. The van der Waals surface area contributed by atoms with Crippen LogP contribution in [0.5, 0.6) is 0 Å². The zero-order valence-electron chi connectivity index (χ0n) is 12.6. The van der Waals surface area contributed by atoms with Gasteiger partial charge < -0.3 is 14.4 Å². The van der Waals surface area contributed by atoms with E-state index in [-0.39, 0.29) is 13.2 Å². The number of hydrogen-bond donors (Lipinski definition) is 1. The number of morpholine rings is 1. The van der Waals surface area contributed by atoms with E-state index in [2.05, 4.69) is 4.18 Å². The van der Waals surface area contributed by atoms with Gasteiger partial charge in [-0.05, 0) is 5.56 Å². The summed E-state index contributed by atoms with van der Waals surface area (Å²) in [5.74, 6) is -0.431. The van der Waals surface area contributed by atoms with Crippen molar-refractivity contribution in [3.05, 3.63) is 35.9 Å². The lowest BCUT2D eigenvalue weighted by Crippen LogP contribution is -2.41. The van der Waals surface area contributed by atoms with E-state index in [0.29, 0.717) is 26.3 Å². The highest BCUT2D eigenvalue weighted by Gasteiger charge is 2.21. The molecule has 0 bridgehead atoms. The average molecular weight is 344 g/mol. The molecule has 0 aliphatic carbocycles. The summed E-state index contributed by atoms with van der Waals surface area (Å²) < 4.78 is 37.1. The molecule has 8 nitrogen and oxygen atoms in total. The van der Waals surface area contributed by atoms with Crippen molar-refractivity contribution in [1.82, 2.24) is 4.90 Å². The van der Waals surface area contributed by atoms with Crippen LogP contribution in [0.15, 0.2) is 30.3 Å². The lowest BCUT2D eigenvalue weighted by atomic mass is 10.0. The van der Waals surface area contributed by atoms with Crippen LogP contribution >= 0.6 is 0 Å². The number of hydrogen-bond acceptors (Lipinski definition) is 6. The van der Waals surface area contributed by atoms with Gasteiger partial charge in [-0.15, -0.1) is 0 Å². The van der Waals surface area contributed by atoms with Crippen molar-refractivity contribution < 1.29 is 26.9 Å². The number of benzene rings is 1. The minimum absolute atomic E-state index is 0.00424. The third kappa shape index (κ3) is 6.14. The maximum Gasteiger partial charge on any atom is 0.409 e. The zero-order valence-corrected chi connectivity index (χ0v) is 13.4. The molecular formula is C14H20N2O6S. The van der Waals surface area contributed by atoms with Crippen LogP contribution in [0.1, 0.15) is 11.5 Å². The Balaban J connectivity index is 1.95. The van der Waals surface area contributed by atoms with Crippen LogP contribution < -0.4 is 5.14 Å². The second kappa shape index (κ2) is 8.25. The first kappa shape index (κ1) is 17.7. The molecule has 9 heteroatoms. The van der Waals surface area contributed by atoms with Gasteiger partial charge in [0.25, 0.3) is 0 Å². The van der Waals surface area contributed by atoms with Crippen molar-refractivity contribution in [3.63, 3.8) is 0 Å². The standard InChI is InChI=1S/C14H20N2O6S/c15-23(18,19)22-11-13(12-4-2-1-3-5-12)10-21-14(17)16-6-8-20-9-7-16/h1-5,13H,6-11H2,(H2,15,18,19)/t13-/m1/s1. The van der Waals surface area contributed by atoms with Gasteiger partial charge in [-0.3, -0.25) is 4.18 Å². The molecular weight excluding hydrogens is 324 g/mol. The van der Waals surface area contributed by atoms with E-state index in [9.17, 15) is 13.2 Å². The molecule has 0 radical (unpaired) electrons. The van der Waals surface area contributed by atoms with Crippen LogP contribution in [0, 0.1) is 0 Å². The Kier molecular flexibility index (Phi) is 6.34. The normalized spacial score (nSPS) is 16.8. The monoisotopic (exact) mass is 344 g/mol. The highest BCUT2D eigenvalue weighted by atomic mass is 32.2. The molecule has 2 rings (SSSR count). The van der Waals surface area contributed by atoms with Gasteiger partial charge in [-0.2, -0.15) is 8.42 Å². The Morgan fingerprint density at radius 1 is 1.22 bits per heavy atom. The predicted octanol–water partition coefficient (Wildman–Crippen LogP) is 0.459. The van der Waals surface area contributed by atoms with E-state index in [1.54, 1.807) is 17.0 Å². The summed E-state index contributed by atoms with van der Waals surface area (Å²) in [5, 5.41) is 4.85. The quantitative estimate of drug-likeness (QED) is 0.803. The number of nitrogens with zero attached hydrogens (tertiary/aromatic N) is 1. The first-order valence-electron chi connectivity index (χ1n) is 7.17. The van der Waals surface area contributed by atoms with Crippen LogP contribution in [0.4, 0.5) is 4.79 Å². The summed E-state index contributed by atoms with van der Waals surface area (Å²) in [4.78, 5) is 13.5. The molecule has 0 saturated carbocycles. The Labute approximate surface area is 135 Å². The first-order chi connectivity index (χ1) is 11.0. The van der Waals surface area contributed by atoms with E-state index in [0.717, 1.165) is 5.56 Å². The molecule has 1 atom stereocenters. The number of ether oxygens (including phenoxy) is 2. The summed E-state index contributed by atoms with van der Waals surface area (Å²) in [6.45, 7) is 1.71. The maximum atomic E-state index is 12.0. The fourth-order valence-corrected chi connectivity index (χ4v) is 2.51. The molecule has 1 saturated heterocycles. The largest absolute Gasteiger partial charge is 0.449 e. The fraction of sp³-hybridized carbons (Fsp3) is 0.500. The summed E-state index contributed by atoms with van der Waals surface area (Å²) in [7, 11) is -4.05. The van der Waals surface area contributed by atoms with Gasteiger partial charge in [-0.1, -0.05) is 30.3 Å². The molecule has 0 spiro atoms. The topological polar surface area (TPSA) is 108 Å².